The van der Waals surface area contributed by atoms with Crippen molar-refractivity contribution in [2.45, 2.75) is 38.7 Å². The Hall–Kier alpha value is -1.55. The first-order valence-electron chi connectivity index (χ1n) is 7.32. The molecule has 1 aromatic carbocycles. The van der Waals surface area contributed by atoms with Crippen LogP contribution in [-0.2, 0) is 0 Å². The predicted molar refractivity (Wildman–Crippen MR) is 78.0 cm³/mol. The third-order valence-electron chi connectivity index (χ3n) is 3.53. The molecule has 0 aromatic heterocycles. The lowest BCUT2D eigenvalue weighted by atomic mass is 9.89. The third kappa shape index (κ3) is 3.31. The Kier molecular flexibility index (Phi) is 4.65. The van der Waals surface area contributed by atoms with Crippen LogP contribution < -0.4 is 4.74 Å². The topological polar surface area (TPSA) is 49.8 Å². The highest BCUT2D eigenvalue weighted by Crippen LogP contribution is 2.27. The van der Waals surface area contributed by atoms with Gasteiger partial charge in [0, 0.05) is 5.56 Å². The fraction of sp³-hybridized carbons (Fsp3) is 0.562. The Balaban J connectivity index is 1.97. The lowest BCUT2D eigenvalue weighted by Gasteiger charge is -2.46. The van der Waals surface area contributed by atoms with Gasteiger partial charge in [0.15, 0.2) is 0 Å². The highest BCUT2D eigenvalue weighted by atomic mass is 16.5. The lowest BCUT2D eigenvalue weighted by molar-refractivity contribution is -0.0860. The van der Waals surface area contributed by atoms with Crippen LogP contribution in [0.5, 0.6) is 5.75 Å². The van der Waals surface area contributed by atoms with Crippen molar-refractivity contribution < 1.29 is 14.6 Å². The van der Waals surface area contributed by atoms with Crippen LogP contribution in [0.1, 0.15) is 43.5 Å². The summed E-state index contributed by atoms with van der Waals surface area (Å²) in [4.78, 5) is 14.0. The molecule has 1 heterocycles. The van der Waals surface area contributed by atoms with E-state index >= 15 is 0 Å². The van der Waals surface area contributed by atoms with Gasteiger partial charge in [-0.05, 0) is 31.0 Å². The Morgan fingerprint density at radius 2 is 2.10 bits per heavy atom. The molecule has 1 saturated heterocycles. The fourth-order valence-corrected chi connectivity index (χ4v) is 2.55. The molecule has 0 aliphatic carbocycles. The van der Waals surface area contributed by atoms with Gasteiger partial charge in [-0.2, -0.15) is 0 Å². The number of carbonyl (C=O) groups is 1. The molecule has 110 valence electrons. The Morgan fingerprint density at radius 1 is 1.35 bits per heavy atom. The molecule has 0 atom stereocenters. The van der Waals surface area contributed by atoms with E-state index in [2.05, 4.69) is 0 Å². The van der Waals surface area contributed by atoms with E-state index in [1.54, 1.807) is 17.0 Å². The molecule has 0 bridgehead atoms. The number of rotatable bonds is 6. The van der Waals surface area contributed by atoms with Crippen molar-refractivity contribution in [1.82, 2.24) is 4.90 Å². The number of likely N-dealkylation sites (tertiary alicyclic amines) is 1. The molecule has 4 nitrogen and oxygen atoms in total. The zero-order valence-electron chi connectivity index (χ0n) is 12.3. The molecule has 4 heteroatoms. The molecule has 1 aromatic rings. The van der Waals surface area contributed by atoms with Crippen molar-refractivity contribution in [3.63, 3.8) is 0 Å². The summed E-state index contributed by atoms with van der Waals surface area (Å²) in [5, 5.41) is 10.1. The van der Waals surface area contributed by atoms with Crippen molar-refractivity contribution in [2.75, 3.05) is 19.7 Å². The molecule has 2 rings (SSSR count). The minimum Gasteiger partial charge on any atom is -0.494 e. The van der Waals surface area contributed by atoms with Gasteiger partial charge in [0.2, 0.25) is 0 Å². The number of β-amino-alcohol motifs (C(OH)–C–C–N with tert-alkyl or cyclic N) is 1. The second-order valence-corrected chi connectivity index (χ2v) is 5.51. The summed E-state index contributed by atoms with van der Waals surface area (Å²) in [6.07, 6.45) is 2.61. The molecule has 1 aliphatic heterocycles. The second-order valence-electron chi connectivity index (χ2n) is 5.51. The first kappa shape index (κ1) is 14.9. The summed E-state index contributed by atoms with van der Waals surface area (Å²) in [5.41, 5.74) is -0.0575. The number of hydrogen-bond donors (Lipinski definition) is 1. The van der Waals surface area contributed by atoms with E-state index in [1.165, 1.54) is 0 Å². The van der Waals surface area contributed by atoms with Gasteiger partial charge >= 0.3 is 0 Å². The van der Waals surface area contributed by atoms with Gasteiger partial charge < -0.3 is 14.7 Å². The monoisotopic (exact) mass is 277 g/mol. The molecule has 1 aliphatic rings. The van der Waals surface area contributed by atoms with E-state index in [0.29, 0.717) is 25.3 Å². The summed E-state index contributed by atoms with van der Waals surface area (Å²) in [6.45, 7) is 5.59. The average molecular weight is 277 g/mol. The first-order chi connectivity index (χ1) is 9.58. The van der Waals surface area contributed by atoms with Gasteiger partial charge in [-0.15, -0.1) is 0 Å². The SMILES string of the molecule is CCCOc1cccc(C(=O)N2CC(O)(CCC)C2)c1. The lowest BCUT2D eigenvalue weighted by Crippen LogP contribution is -2.63. The molecular formula is C16H23NO3. The largest absolute Gasteiger partial charge is 0.494 e. The number of ether oxygens (including phenoxy) is 1. The Bertz CT molecular complexity index is 467. The normalized spacial score (nSPS) is 16.6. The summed E-state index contributed by atoms with van der Waals surface area (Å²) in [6, 6.07) is 7.25. The maximum Gasteiger partial charge on any atom is 0.254 e. The second kappa shape index (κ2) is 6.27. The summed E-state index contributed by atoms with van der Waals surface area (Å²) < 4.78 is 5.54. The maximum absolute atomic E-state index is 12.3. The van der Waals surface area contributed by atoms with Crippen LogP contribution in [-0.4, -0.2) is 41.2 Å². The number of aliphatic hydroxyl groups is 1. The number of hydrogen-bond acceptors (Lipinski definition) is 3. The highest BCUT2D eigenvalue weighted by Gasteiger charge is 2.42. The summed E-state index contributed by atoms with van der Waals surface area (Å²) in [7, 11) is 0. The van der Waals surface area contributed by atoms with Crippen molar-refractivity contribution >= 4 is 5.91 Å². The summed E-state index contributed by atoms with van der Waals surface area (Å²) in [5.74, 6) is 0.690. The quantitative estimate of drug-likeness (QED) is 0.869. The summed E-state index contributed by atoms with van der Waals surface area (Å²) >= 11 is 0. The Morgan fingerprint density at radius 3 is 2.75 bits per heavy atom. The average Bonchev–Trinajstić information content (AvgIpc) is 2.42. The molecule has 0 unspecified atom stereocenters. The highest BCUT2D eigenvalue weighted by molar-refractivity contribution is 5.95. The van der Waals surface area contributed by atoms with E-state index in [0.717, 1.165) is 25.0 Å². The smallest absolute Gasteiger partial charge is 0.254 e. The van der Waals surface area contributed by atoms with Crippen LogP contribution in [0, 0.1) is 0 Å². The fourth-order valence-electron chi connectivity index (χ4n) is 2.55. The van der Waals surface area contributed by atoms with Crippen LogP contribution in [0.3, 0.4) is 0 Å². The van der Waals surface area contributed by atoms with Crippen LogP contribution >= 0.6 is 0 Å². The number of amides is 1. The van der Waals surface area contributed by atoms with Gasteiger partial charge in [-0.25, -0.2) is 0 Å². The predicted octanol–water partition coefficient (Wildman–Crippen LogP) is 2.46. The van der Waals surface area contributed by atoms with Gasteiger partial charge in [-0.3, -0.25) is 4.79 Å². The number of nitrogens with zero attached hydrogens (tertiary/aromatic N) is 1. The van der Waals surface area contributed by atoms with Crippen LogP contribution in [0.4, 0.5) is 0 Å². The zero-order valence-corrected chi connectivity index (χ0v) is 12.3. The van der Waals surface area contributed by atoms with E-state index in [-0.39, 0.29) is 5.91 Å². The van der Waals surface area contributed by atoms with Crippen LogP contribution in [0.25, 0.3) is 0 Å². The minimum atomic E-state index is -0.680. The van der Waals surface area contributed by atoms with E-state index in [1.807, 2.05) is 26.0 Å². The van der Waals surface area contributed by atoms with Gasteiger partial charge in [0.05, 0.1) is 25.3 Å². The minimum absolute atomic E-state index is 0.0345. The van der Waals surface area contributed by atoms with Gasteiger partial charge in [0.25, 0.3) is 5.91 Å². The van der Waals surface area contributed by atoms with E-state index in [9.17, 15) is 9.90 Å². The molecule has 0 spiro atoms. The molecular weight excluding hydrogens is 254 g/mol. The standard InChI is InChI=1S/C16H23NO3/c1-3-8-16(19)11-17(12-16)15(18)13-6-5-7-14(10-13)20-9-4-2/h5-7,10,19H,3-4,8-9,11-12H2,1-2H3. The van der Waals surface area contributed by atoms with Crippen molar-refractivity contribution in [3.8, 4) is 5.75 Å². The molecule has 0 radical (unpaired) electrons. The van der Waals surface area contributed by atoms with Crippen molar-refractivity contribution in [1.29, 1.82) is 0 Å². The Labute approximate surface area is 120 Å². The van der Waals surface area contributed by atoms with E-state index in [4.69, 9.17) is 4.74 Å². The van der Waals surface area contributed by atoms with Crippen LogP contribution in [0.15, 0.2) is 24.3 Å². The zero-order chi connectivity index (χ0) is 14.6. The van der Waals surface area contributed by atoms with Gasteiger partial charge in [0.1, 0.15) is 5.75 Å². The van der Waals surface area contributed by atoms with E-state index < -0.39 is 5.60 Å². The molecule has 1 fully saturated rings. The number of carbonyl (C=O) groups excluding carboxylic acids is 1. The molecule has 1 N–H and O–H groups in total. The number of benzene rings is 1. The van der Waals surface area contributed by atoms with Gasteiger partial charge in [-0.1, -0.05) is 26.3 Å². The third-order valence-corrected chi connectivity index (χ3v) is 3.53. The van der Waals surface area contributed by atoms with Crippen molar-refractivity contribution in [3.05, 3.63) is 29.8 Å². The molecule has 20 heavy (non-hydrogen) atoms. The molecule has 1 amide bonds. The first-order valence-corrected chi connectivity index (χ1v) is 7.32. The maximum atomic E-state index is 12.3. The molecule has 0 saturated carbocycles. The van der Waals surface area contributed by atoms with Crippen LogP contribution in [0.2, 0.25) is 0 Å². The van der Waals surface area contributed by atoms with Crippen molar-refractivity contribution in [2.24, 2.45) is 0 Å².